The van der Waals surface area contributed by atoms with Crippen molar-refractivity contribution in [3.05, 3.63) is 73.6 Å². The molecule has 0 spiro atoms. The minimum absolute atomic E-state index is 0.0676. The van der Waals surface area contributed by atoms with Crippen LogP contribution in [0.4, 0.5) is 5.69 Å². The molecule has 3 aromatic heterocycles. The van der Waals surface area contributed by atoms with Gasteiger partial charge in [-0.1, -0.05) is 26.0 Å². The molecule has 0 fully saturated rings. The summed E-state index contributed by atoms with van der Waals surface area (Å²) < 4.78 is 9.35. The Labute approximate surface area is 219 Å². The minimum Gasteiger partial charge on any atom is -0.399 e. The molecule has 0 aliphatic rings. The largest absolute Gasteiger partial charge is 0.399 e. The van der Waals surface area contributed by atoms with Crippen molar-refractivity contribution in [3.8, 4) is 0 Å². The number of likely N-dealkylation sites (N-methyl/N-ethyl adjacent to an activating group) is 1. The van der Waals surface area contributed by atoms with Crippen LogP contribution < -0.4 is 17.0 Å². The van der Waals surface area contributed by atoms with Gasteiger partial charge in [-0.25, -0.2) is 9.78 Å². The van der Waals surface area contributed by atoms with Gasteiger partial charge in [-0.2, -0.15) is 4.37 Å². The van der Waals surface area contributed by atoms with Gasteiger partial charge in [0.2, 0.25) is 0 Å². The van der Waals surface area contributed by atoms with E-state index in [1.807, 2.05) is 54.1 Å². The van der Waals surface area contributed by atoms with Gasteiger partial charge in [-0.05, 0) is 54.7 Å². The molecular formula is C26H35N7O3S. The van der Waals surface area contributed by atoms with E-state index in [0.717, 1.165) is 17.8 Å². The second-order valence-electron chi connectivity index (χ2n) is 9.06. The maximum absolute atomic E-state index is 13.7. The van der Waals surface area contributed by atoms with E-state index in [2.05, 4.69) is 9.27 Å². The number of nitrogen functional groups attached to an aromatic ring is 1. The molecular weight excluding hydrogens is 490 g/mol. The predicted octanol–water partition coefficient (Wildman–Crippen LogP) is 1.96. The van der Waals surface area contributed by atoms with Crippen LogP contribution in [0.2, 0.25) is 0 Å². The zero-order valence-electron chi connectivity index (χ0n) is 21.5. The minimum atomic E-state index is -0.338. The molecule has 0 radical (unpaired) electrons. The Morgan fingerprint density at radius 3 is 2.43 bits per heavy atom. The average Bonchev–Trinajstić information content (AvgIpc) is 3.53. The second-order valence-corrected chi connectivity index (χ2v) is 9.73. The number of nitrogens with zero attached hydrogens (tertiary/aromatic N) is 6. The lowest BCUT2D eigenvalue weighted by Gasteiger charge is -2.20. The lowest BCUT2D eigenvalue weighted by molar-refractivity contribution is 0.197. The molecule has 0 aliphatic carbocycles. The topological polar surface area (TPSA) is 124 Å². The highest BCUT2D eigenvalue weighted by Crippen LogP contribution is 2.17. The summed E-state index contributed by atoms with van der Waals surface area (Å²) in [4.78, 5) is 34.2. The van der Waals surface area contributed by atoms with Crippen LogP contribution in [0, 0.1) is 0 Å². The maximum atomic E-state index is 13.7. The fraction of sp³-hybridized carbons (Fsp3) is 0.462. The van der Waals surface area contributed by atoms with Crippen LogP contribution in [0.15, 0.2) is 45.3 Å². The van der Waals surface area contributed by atoms with Gasteiger partial charge < -0.3 is 15.4 Å². The smallest absolute Gasteiger partial charge is 0.332 e. The summed E-state index contributed by atoms with van der Waals surface area (Å²) in [6.07, 6.45) is 1.73. The molecule has 4 aromatic rings. The number of hydrogen-bond acceptors (Lipinski definition) is 8. The second kappa shape index (κ2) is 12.3. The number of nitrogens with two attached hydrogens (primary N) is 1. The molecule has 37 heavy (non-hydrogen) atoms. The van der Waals surface area contributed by atoms with Gasteiger partial charge in [0.1, 0.15) is 5.82 Å². The summed E-state index contributed by atoms with van der Waals surface area (Å²) >= 11 is 1.37. The van der Waals surface area contributed by atoms with Crippen LogP contribution in [-0.2, 0) is 32.5 Å². The number of aliphatic hydroxyl groups is 1. The van der Waals surface area contributed by atoms with Crippen molar-refractivity contribution in [1.82, 2.24) is 28.0 Å². The fourth-order valence-electron chi connectivity index (χ4n) is 4.56. The van der Waals surface area contributed by atoms with Crippen molar-refractivity contribution in [2.45, 2.75) is 52.7 Å². The predicted molar refractivity (Wildman–Crippen MR) is 147 cm³/mol. The number of fused-ring (bicyclic) bond motifs is 1. The molecule has 3 heterocycles. The van der Waals surface area contributed by atoms with Gasteiger partial charge >= 0.3 is 5.69 Å². The van der Waals surface area contributed by atoms with E-state index in [1.54, 1.807) is 4.57 Å². The molecule has 0 bridgehead atoms. The Balaban J connectivity index is 1.84. The van der Waals surface area contributed by atoms with Crippen LogP contribution in [0.25, 0.3) is 11.2 Å². The van der Waals surface area contributed by atoms with Gasteiger partial charge in [0, 0.05) is 50.2 Å². The Kier molecular flexibility index (Phi) is 8.91. The van der Waals surface area contributed by atoms with Crippen LogP contribution in [-0.4, -0.2) is 59.3 Å². The molecule has 11 heteroatoms. The van der Waals surface area contributed by atoms with Crippen LogP contribution in [0.1, 0.15) is 37.4 Å². The van der Waals surface area contributed by atoms with Crippen molar-refractivity contribution < 1.29 is 5.11 Å². The van der Waals surface area contributed by atoms with Crippen LogP contribution >= 0.6 is 11.5 Å². The molecule has 4 rings (SSSR count). The van der Waals surface area contributed by atoms with Crippen molar-refractivity contribution >= 4 is 28.4 Å². The lowest BCUT2D eigenvalue weighted by atomic mass is 10.1. The van der Waals surface area contributed by atoms with Crippen molar-refractivity contribution in [1.29, 1.82) is 0 Å². The molecule has 1 aromatic carbocycles. The van der Waals surface area contributed by atoms with Gasteiger partial charge in [-0.3, -0.25) is 18.8 Å². The number of benzene rings is 1. The summed E-state index contributed by atoms with van der Waals surface area (Å²) in [7, 11) is 0. The van der Waals surface area contributed by atoms with E-state index in [-0.39, 0.29) is 17.9 Å². The highest BCUT2D eigenvalue weighted by molar-refractivity contribution is 7.03. The first-order valence-corrected chi connectivity index (χ1v) is 13.6. The number of aliphatic hydroxyl groups excluding tert-OH is 1. The third-order valence-electron chi connectivity index (χ3n) is 6.58. The molecule has 0 atom stereocenters. The number of anilines is 1. The number of aromatic nitrogens is 5. The summed E-state index contributed by atoms with van der Waals surface area (Å²) in [5, 5.41) is 11.3. The van der Waals surface area contributed by atoms with Gasteiger partial charge in [0.05, 0.1) is 12.3 Å². The third-order valence-corrected chi connectivity index (χ3v) is 7.18. The highest BCUT2D eigenvalue weighted by atomic mass is 32.1. The van der Waals surface area contributed by atoms with Crippen molar-refractivity contribution in [3.63, 3.8) is 0 Å². The Hall–Kier alpha value is -3.28. The zero-order valence-corrected chi connectivity index (χ0v) is 22.3. The Morgan fingerprint density at radius 2 is 1.78 bits per heavy atom. The summed E-state index contributed by atoms with van der Waals surface area (Å²) in [5.74, 6) is 0.702. The highest BCUT2D eigenvalue weighted by Gasteiger charge is 2.22. The van der Waals surface area contributed by atoms with E-state index in [9.17, 15) is 14.7 Å². The Bertz CT molecular complexity index is 1420. The summed E-state index contributed by atoms with van der Waals surface area (Å²) in [5.41, 5.74) is 8.63. The van der Waals surface area contributed by atoms with Gasteiger partial charge in [0.25, 0.3) is 5.56 Å². The van der Waals surface area contributed by atoms with E-state index in [4.69, 9.17) is 10.7 Å². The quantitative estimate of drug-likeness (QED) is 0.256. The van der Waals surface area contributed by atoms with Crippen LogP contribution in [0.3, 0.4) is 0 Å². The van der Waals surface area contributed by atoms with E-state index < -0.39 is 0 Å². The molecule has 0 saturated carbocycles. The van der Waals surface area contributed by atoms with Gasteiger partial charge in [0.15, 0.2) is 11.2 Å². The first-order chi connectivity index (χ1) is 18.0. The summed E-state index contributed by atoms with van der Waals surface area (Å²) in [6, 6.07) is 9.54. The molecule has 0 unspecified atom stereocenters. The standard InChI is InChI=1S/C26H35N7O3S/c1-3-11-33-25(35)23-24(32(26(33)36)12-9-19-5-7-20(27)8-6-19)28-22(18-21-10-17-37-29-21)31(23)14-13-30(4-2)15-16-34/h5-8,10,17,34H,3-4,9,11-16,18,27H2,1-2H3. The molecule has 0 aliphatic heterocycles. The van der Waals surface area contributed by atoms with Crippen molar-refractivity contribution in [2.75, 3.05) is 32.0 Å². The zero-order chi connectivity index (χ0) is 26.4. The first-order valence-electron chi connectivity index (χ1n) is 12.8. The normalized spacial score (nSPS) is 11.7. The van der Waals surface area contributed by atoms with Gasteiger partial charge in [-0.15, -0.1) is 0 Å². The number of rotatable bonds is 13. The number of hydrogen-bond donors (Lipinski definition) is 2. The monoisotopic (exact) mass is 525 g/mol. The Morgan fingerprint density at radius 1 is 1.00 bits per heavy atom. The molecule has 0 saturated heterocycles. The molecule has 0 amide bonds. The first kappa shape index (κ1) is 26.8. The van der Waals surface area contributed by atoms with E-state index >= 15 is 0 Å². The fourth-order valence-corrected chi connectivity index (χ4v) is 5.10. The van der Waals surface area contributed by atoms with Crippen LogP contribution in [0.5, 0.6) is 0 Å². The lowest BCUT2D eigenvalue weighted by Crippen LogP contribution is -2.41. The van der Waals surface area contributed by atoms with E-state index in [0.29, 0.717) is 74.7 Å². The van der Waals surface area contributed by atoms with E-state index in [1.165, 1.54) is 16.1 Å². The molecule has 10 nitrogen and oxygen atoms in total. The average molecular weight is 526 g/mol. The molecule has 3 N–H and O–H groups in total. The third kappa shape index (κ3) is 6.00. The number of imidazole rings is 1. The maximum Gasteiger partial charge on any atom is 0.332 e. The molecule has 198 valence electrons. The van der Waals surface area contributed by atoms with Crippen molar-refractivity contribution in [2.24, 2.45) is 0 Å². The SMILES string of the molecule is CCCn1c(=O)c2c(nc(Cc3ccsn3)n2CCN(CC)CCO)n(CCc2ccc(N)cc2)c1=O. The summed E-state index contributed by atoms with van der Waals surface area (Å²) in [6.45, 7) is 7.28. The number of aryl methyl sites for hydroxylation is 2.